The highest BCUT2D eigenvalue weighted by Crippen LogP contribution is 2.50. The second kappa shape index (κ2) is 20.5. The molecule has 6 aromatic carbocycles. The van der Waals surface area contributed by atoms with Gasteiger partial charge in [0.25, 0.3) is 0 Å². The number of aryl methyl sites for hydroxylation is 2. The van der Waals surface area contributed by atoms with Crippen LogP contribution in [0.5, 0.6) is 11.5 Å². The number of hydrogen-bond acceptors (Lipinski definition) is 6. The number of carbonyl (C=O) groups is 2. The Morgan fingerprint density at radius 3 is 1.21 bits per heavy atom. The zero-order chi connectivity index (χ0) is 41.0. The summed E-state index contributed by atoms with van der Waals surface area (Å²) in [5.41, 5.74) is 4.49. The molecule has 6 nitrogen and oxygen atoms in total. The zero-order valence-electron chi connectivity index (χ0n) is 35.6. The summed E-state index contributed by atoms with van der Waals surface area (Å²) in [6.45, 7) is 13.7. The van der Waals surface area contributed by atoms with E-state index in [2.05, 4.69) is 90.1 Å². The van der Waals surface area contributed by atoms with Crippen LogP contribution >= 0.6 is 0 Å². The Balaban J connectivity index is 1.57. The van der Waals surface area contributed by atoms with Crippen LogP contribution in [-0.2, 0) is 22.3 Å². The minimum absolute atomic E-state index is 0.298. The molecular formula is C52H62O6. The summed E-state index contributed by atoms with van der Waals surface area (Å²) in [6.07, 6.45) is 10.8. The third kappa shape index (κ3) is 9.60. The van der Waals surface area contributed by atoms with Crippen LogP contribution in [0.4, 0.5) is 9.59 Å². The first kappa shape index (κ1) is 42.5. The first-order valence-electron chi connectivity index (χ1n) is 22.0. The van der Waals surface area contributed by atoms with Gasteiger partial charge in [-0.2, -0.15) is 0 Å². The summed E-state index contributed by atoms with van der Waals surface area (Å²) < 4.78 is 24.1. The Kier molecular flexibility index (Phi) is 15.1. The van der Waals surface area contributed by atoms with Gasteiger partial charge in [0.1, 0.15) is 11.5 Å². The summed E-state index contributed by atoms with van der Waals surface area (Å²) in [4.78, 5) is 27.1. The lowest BCUT2D eigenvalue weighted by Gasteiger charge is -2.22. The van der Waals surface area contributed by atoms with Gasteiger partial charge in [-0.1, -0.05) is 178 Å². The highest BCUT2D eigenvalue weighted by Gasteiger charge is 2.26. The maximum atomic E-state index is 13.5. The Morgan fingerprint density at radius 2 is 0.845 bits per heavy atom. The normalized spacial score (nSPS) is 12.6. The van der Waals surface area contributed by atoms with Gasteiger partial charge in [-0.15, -0.1) is 0 Å². The Morgan fingerprint density at radius 1 is 0.466 bits per heavy atom. The second-order valence-corrected chi connectivity index (χ2v) is 15.9. The number of ether oxygens (including phenoxy) is 4. The molecule has 0 heterocycles. The number of hydrogen-bond donors (Lipinski definition) is 0. The number of fused-ring (bicyclic) bond motifs is 4. The summed E-state index contributed by atoms with van der Waals surface area (Å²) in [5, 5.41) is 7.20. The minimum Gasteiger partial charge on any atom is -0.434 e. The fraction of sp³-hybridized carbons (Fsp3) is 0.423. The SMILES string of the molecule is CCCCC(CC)COC(=O)Oc1c2ccccc2c(-c2c3ccccc3c(OC(=O)OCC(CC)CCCC)c3ccc(CCC)cc23)c2cc(CCC)ccc12. The Bertz CT molecular complexity index is 2180. The quantitative estimate of drug-likeness (QED) is 0.0463. The van der Waals surface area contributed by atoms with Crippen LogP contribution in [0.2, 0.25) is 0 Å². The first-order chi connectivity index (χ1) is 28.3. The molecule has 6 aromatic rings. The molecule has 0 radical (unpaired) electrons. The lowest BCUT2D eigenvalue weighted by molar-refractivity contribution is 0.0811. The van der Waals surface area contributed by atoms with Gasteiger partial charge in [0, 0.05) is 21.5 Å². The molecule has 0 saturated carbocycles. The fourth-order valence-electron chi connectivity index (χ4n) is 8.41. The summed E-state index contributed by atoms with van der Waals surface area (Å²) in [5.74, 6) is 1.59. The van der Waals surface area contributed by atoms with E-state index in [0.29, 0.717) is 36.5 Å². The minimum atomic E-state index is -0.684. The third-order valence-electron chi connectivity index (χ3n) is 11.7. The molecule has 2 unspecified atom stereocenters. The van der Waals surface area contributed by atoms with Crippen LogP contribution in [0.15, 0.2) is 84.9 Å². The van der Waals surface area contributed by atoms with Crippen molar-refractivity contribution in [3.05, 3.63) is 96.1 Å². The van der Waals surface area contributed by atoms with Crippen LogP contribution in [-0.4, -0.2) is 25.5 Å². The smallest absolute Gasteiger partial charge is 0.434 e. The predicted octanol–water partition coefficient (Wildman–Crippen LogP) is 15.3. The molecule has 0 aliphatic heterocycles. The molecule has 0 amide bonds. The van der Waals surface area contributed by atoms with Crippen LogP contribution in [0.3, 0.4) is 0 Å². The van der Waals surface area contributed by atoms with E-state index >= 15 is 0 Å². The van der Waals surface area contributed by atoms with Gasteiger partial charge in [-0.25, -0.2) is 9.59 Å². The number of carbonyl (C=O) groups excluding carboxylic acids is 2. The topological polar surface area (TPSA) is 71.1 Å². The highest BCUT2D eigenvalue weighted by atomic mass is 16.7. The van der Waals surface area contributed by atoms with E-state index in [1.807, 2.05) is 36.4 Å². The average molecular weight is 783 g/mol. The standard InChI is InChI=1S/C52H62O6/c1-7-13-21-35(11-5)33-55-51(53)57-49-41-25-17-15-23-39(41)47(45-31-37(19-9-3)27-29-43(45)49)48-40-24-16-18-26-42(40)50(44-30-28-38(20-10-4)32-46(44)48)58-52(54)56-34-36(12-6)22-14-8-2/h15-18,23-32,35-36H,7-14,19-22,33-34H2,1-6H3. The molecule has 58 heavy (non-hydrogen) atoms. The largest absolute Gasteiger partial charge is 0.513 e. The predicted molar refractivity (Wildman–Crippen MR) is 240 cm³/mol. The van der Waals surface area contributed by atoms with E-state index in [-0.39, 0.29) is 0 Å². The molecule has 0 aromatic heterocycles. The first-order valence-corrected chi connectivity index (χ1v) is 22.0. The number of unbranched alkanes of at least 4 members (excludes halogenated alkanes) is 2. The van der Waals surface area contributed by atoms with E-state index in [0.717, 1.165) is 131 Å². The van der Waals surface area contributed by atoms with Gasteiger partial charge < -0.3 is 18.9 Å². The molecule has 0 saturated heterocycles. The van der Waals surface area contributed by atoms with Crippen molar-refractivity contribution < 1.29 is 28.5 Å². The van der Waals surface area contributed by atoms with Crippen molar-refractivity contribution in [3.63, 3.8) is 0 Å². The molecule has 306 valence electrons. The van der Waals surface area contributed by atoms with E-state index in [4.69, 9.17) is 18.9 Å². The lowest BCUT2D eigenvalue weighted by atomic mass is 9.84. The number of rotatable bonds is 19. The molecule has 0 bridgehead atoms. The molecule has 0 N–H and O–H groups in total. The monoisotopic (exact) mass is 782 g/mol. The van der Waals surface area contributed by atoms with Crippen molar-refractivity contribution in [1.29, 1.82) is 0 Å². The summed E-state index contributed by atoms with van der Waals surface area (Å²) in [6, 6.07) is 29.4. The van der Waals surface area contributed by atoms with Crippen molar-refractivity contribution in [3.8, 4) is 22.6 Å². The van der Waals surface area contributed by atoms with E-state index in [9.17, 15) is 9.59 Å². The number of benzene rings is 6. The van der Waals surface area contributed by atoms with Crippen molar-refractivity contribution in [1.82, 2.24) is 0 Å². The average Bonchev–Trinajstić information content (AvgIpc) is 3.24. The van der Waals surface area contributed by atoms with Gasteiger partial charge in [-0.05, 0) is 81.3 Å². The van der Waals surface area contributed by atoms with Crippen LogP contribution < -0.4 is 9.47 Å². The van der Waals surface area contributed by atoms with E-state index < -0.39 is 12.3 Å². The van der Waals surface area contributed by atoms with Crippen molar-refractivity contribution in [2.24, 2.45) is 11.8 Å². The maximum Gasteiger partial charge on any atom is 0.513 e. The molecule has 2 atom stereocenters. The van der Waals surface area contributed by atoms with Gasteiger partial charge in [0.15, 0.2) is 0 Å². The molecule has 0 spiro atoms. The van der Waals surface area contributed by atoms with Crippen LogP contribution in [0.25, 0.3) is 54.2 Å². The van der Waals surface area contributed by atoms with Crippen molar-refractivity contribution in [2.45, 2.75) is 119 Å². The summed E-state index contributed by atoms with van der Waals surface area (Å²) >= 11 is 0. The summed E-state index contributed by atoms with van der Waals surface area (Å²) in [7, 11) is 0. The van der Waals surface area contributed by atoms with Crippen molar-refractivity contribution >= 4 is 55.4 Å². The molecule has 6 heteroatoms. The molecule has 0 aliphatic rings. The Labute approximate surface area is 345 Å². The third-order valence-corrected chi connectivity index (χ3v) is 11.7. The van der Waals surface area contributed by atoms with Gasteiger partial charge >= 0.3 is 12.3 Å². The van der Waals surface area contributed by atoms with Gasteiger partial charge in [-0.3, -0.25) is 0 Å². The van der Waals surface area contributed by atoms with E-state index in [1.165, 1.54) is 11.1 Å². The van der Waals surface area contributed by atoms with Crippen molar-refractivity contribution in [2.75, 3.05) is 13.2 Å². The molecule has 0 fully saturated rings. The molecule has 0 aliphatic carbocycles. The molecule has 6 rings (SSSR count). The lowest BCUT2D eigenvalue weighted by Crippen LogP contribution is -2.17. The van der Waals surface area contributed by atoms with E-state index in [1.54, 1.807) is 0 Å². The van der Waals surface area contributed by atoms with Gasteiger partial charge in [0.2, 0.25) is 0 Å². The van der Waals surface area contributed by atoms with Crippen LogP contribution in [0.1, 0.15) is 117 Å². The maximum absolute atomic E-state index is 13.5. The zero-order valence-corrected chi connectivity index (χ0v) is 35.6. The molecular weight excluding hydrogens is 721 g/mol. The van der Waals surface area contributed by atoms with Gasteiger partial charge in [0.05, 0.1) is 13.2 Å². The highest BCUT2D eigenvalue weighted by molar-refractivity contribution is 6.27. The second-order valence-electron chi connectivity index (χ2n) is 15.9. The fourth-order valence-corrected chi connectivity index (χ4v) is 8.41. The van der Waals surface area contributed by atoms with Crippen LogP contribution in [0, 0.1) is 11.8 Å². The Hall–Kier alpha value is -5.10.